The van der Waals surface area contributed by atoms with E-state index in [2.05, 4.69) is 45.2 Å². The molecule has 1 saturated heterocycles. The van der Waals surface area contributed by atoms with Crippen LogP contribution < -0.4 is 5.32 Å². The van der Waals surface area contributed by atoms with Crippen molar-refractivity contribution in [2.45, 2.75) is 25.3 Å². The summed E-state index contributed by atoms with van der Waals surface area (Å²) >= 11 is 0. The second-order valence-corrected chi connectivity index (χ2v) is 4.91. The zero-order chi connectivity index (χ0) is 12.2. The van der Waals surface area contributed by atoms with Gasteiger partial charge in [-0.1, -0.05) is 36.8 Å². The van der Waals surface area contributed by atoms with Crippen molar-refractivity contribution in [3.05, 3.63) is 42.9 Å². The van der Waals surface area contributed by atoms with E-state index in [1.54, 1.807) is 0 Å². The zero-order valence-corrected chi connectivity index (χ0v) is 10.5. The van der Waals surface area contributed by atoms with Gasteiger partial charge in [0.2, 0.25) is 0 Å². The molecule has 1 aliphatic heterocycles. The highest BCUT2D eigenvalue weighted by atomic mass is 15.1. The van der Waals surface area contributed by atoms with Crippen molar-refractivity contribution in [2.24, 2.45) is 0 Å². The van der Waals surface area contributed by atoms with Crippen LogP contribution in [0, 0.1) is 0 Å². The van der Waals surface area contributed by atoms with Crippen molar-refractivity contribution < 1.29 is 0 Å². The monoisotopic (exact) mass is 241 g/mol. The third-order valence-electron chi connectivity index (χ3n) is 3.65. The van der Waals surface area contributed by atoms with Crippen LogP contribution in [0.25, 0.3) is 11.3 Å². The standard InChI is InChI=1S/C15H19N3/c1-2-6-13(7-3-1)15-11-17-12-18(15)14-8-4-5-9-16-10-14/h1-3,6-7,11-12,14,16H,4-5,8-10H2. The number of benzene rings is 1. The van der Waals surface area contributed by atoms with Crippen molar-refractivity contribution in [2.75, 3.05) is 13.1 Å². The van der Waals surface area contributed by atoms with Gasteiger partial charge in [0.15, 0.2) is 0 Å². The molecule has 0 aliphatic carbocycles. The van der Waals surface area contributed by atoms with Crippen LogP contribution in [0.4, 0.5) is 0 Å². The lowest BCUT2D eigenvalue weighted by atomic mass is 10.1. The summed E-state index contributed by atoms with van der Waals surface area (Å²) in [6.45, 7) is 2.20. The summed E-state index contributed by atoms with van der Waals surface area (Å²) in [6, 6.07) is 11.0. The minimum atomic E-state index is 0.533. The number of hydrogen-bond donors (Lipinski definition) is 1. The number of rotatable bonds is 2. The molecule has 1 unspecified atom stereocenters. The Morgan fingerprint density at radius 1 is 1.17 bits per heavy atom. The Bertz CT molecular complexity index is 481. The maximum absolute atomic E-state index is 4.34. The molecule has 3 rings (SSSR count). The molecular formula is C15H19N3. The van der Waals surface area contributed by atoms with Crippen molar-refractivity contribution >= 4 is 0 Å². The lowest BCUT2D eigenvalue weighted by Gasteiger charge is -2.19. The van der Waals surface area contributed by atoms with Gasteiger partial charge in [-0.05, 0) is 24.9 Å². The largest absolute Gasteiger partial charge is 0.326 e. The van der Waals surface area contributed by atoms with E-state index in [0.29, 0.717) is 6.04 Å². The lowest BCUT2D eigenvalue weighted by molar-refractivity contribution is 0.464. The average molecular weight is 241 g/mol. The molecule has 0 bridgehead atoms. The fourth-order valence-corrected chi connectivity index (χ4v) is 2.67. The van der Waals surface area contributed by atoms with Gasteiger partial charge in [0.25, 0.3) is 0 Å². The van der Waals surface area contributed by atoms with E-state index in [4.69, 9.17) is 0 Å². The number of imidazole rings is 1. The van der Waals surface area contributed by atoms with Crippen LogP contribution in [-0.2, 0) is 0 Å². The zero-order valence-electron chi connectivity index (χ0n) is 10.5. The molecule has 3 heteroatoms. The minimum absolute atomic E-state index is 0.533. The van der Waals surface area contributed by atoms with E-state index < -0.39 is 0 Å². The first-order valence-electron chi connectivity index (χ1n) is 6.73. The van der Waals surface area contributed by atoms with Crippen LogP contribution in [0.15, 0.2) is 42.9 Å². The van der Waals surface area contributed by atoms with Crippen LogP contribution in [-0.4, -0.2) is 22.6 Å². The van der Waals surface area contributed by atoms with Gasteiger partial charge in [-0.2, -0.15) is 0 Å². The highest BCUT2D eigenvalue weighted by Crippen LogP contribution is 2.25. The summed E-state index contributed by atoms with van der Waals surface area (Å²) in [6.07, 6.45) is 7.76. The molecule has 0 radical (unpaired) electrons. The Balaban J connectivity index is 1.91. The van der Waals surface area contributed by atoms with Gasteiger partial charge in [0.1, 0.15) is 0 Å². The second kappa shape index (κ2) is 5.36. The van der Waals surface area contributed by atoms with Crippen LogP contribution in [0.1, 0.15) is 25.3 Å². The van der Waals surface area contributed by atoms with Gasteiger partial charge in [0.05, 0.1) is 18.2 Å². The van der Waals surface area contributed by atoms with Crippen LogP contribution in [0.3, 0.4) is 0 Å². The van der Waals surface area contributed by atoms with Gasteiger partial charge in [-0.25, -0.2) is 4.98 Å². The number of nitrogens with one attached hydrogen (secondary N) is 1. The van der Waals surface area contributed by atoms with Gasteiger partial charge in [-0.15, -0.1) is 0 Å². The molecule has 1 aromatic heterocycles. The Labute approximate surface area is 108 Å². The molecule has 2 heterocycles. The summed E-state index contributed by atoms with van der Waals surface area (Å²) < 4.78 is 2.33. The Morgan fingerprint density at radius 2 is 2.06 bits per heavy atom. The summed E-state index contributed by atoms with van der Waals surface area (Å²) in [5, 5.41) is 3.52. The van der Waals surface area contributed by atoms with Crippen molar-refractivity contribution in [1.82, 2.24) is 14.9 Å². The molecule has 0 amide bonds. The molecule has 2 aromatic rings. The molecule has 1 aliphatic rings. The van der Waals surface area contributed by atoms with Crippen LogP contribution in [0.5, 0.6) is 0 Å². The molecule has 18 heavy (non-hydrogen) atoms. The summed E-state index contributed by atoms with van der Waals surface area (Å²) in [7, 11) is 0. The molecule has 1 fully saturated rings. The Morgan fingerprint density at radius 3 is 2.94 bits per heavy atom. The fourth-order valence-electron chi connectivity index (χ4n) is 2.67. The normalized spacial score (nSPS) is 20.6. The summed E-state index contributed by atoms with van der Waals surface area (Å²) in [4.78, 5) is 4.34. The van der Waals surface area contributed by atoms with E-state index in [9.17, 15) is 0 Å². The molecule has 1 N–H and O–H groups in total. The topological polar surface area (TPSA) is 29.9 Å². The van der Waals surface area contributed by atoms with Crippen molar-refractivity contribution in [1.29, 1.82) is 0 Å². The average Bonchev–Trinajstić information content (AvgIpc) is 2.75. The number of nitrogens with zero attached hydrogens (tertiary/aromatic N) is 2. The van der Waals surface area contributed by atoms with Crippen molar-refractivity contribution in [3.63, 3.8) is 0 Å². The Kier molecular flexibility index (Phi) is 3.42. The van der Waals surface area contributed by atoms with Crippen LogP contribution in [0.2, 0.25) is 0 Å². The first kappa shape index (κ1) is 11.5. The van der Waals surface area contributed by atoms with E-state index in [1.807, 2.05) is 12.5 Å². The lowest BCUT2D eigenvalue weighted by Crippen LogP contribution is -2.23. The van der Waals surface area contributed by atoms with Gasteiger partial charge < -0.3 is 9.88 Å². The molecule has 94 valence electrons. The Hall–Kier alpha value is -1.61. The van der Waals surface area contributed by atoms with E-state index in [0.717, 1.165) is 13.1 Å². The van der Waals surface area contributed by atoms with Gasteiger partial charge >= 0.3 is 0 Å². The van der Waals surface area contributed by atoms with E-state index >= 15 is 0 Å². The SMILES string of the molecule is c1ccc(-c2cncn2C2CCCCNC2)cc1. The molecule has 0 saturated carbocycles. The molecule has 0 spiro atoms. The van der Waals surface area contributed by atoms with E-state index in [1.165, 1.54) is 30.5 Å². The first-order valence-corrected chi connectivity index (χ1v) is 6.73. The highest BCUT2D eigenvalue weighted by Gasteiger charge is 2.16. The van der Waals surface area contributed by atoms with E-state index in [-0.39, 0.29) is 0 Å². The smallest absolute Gasteiger partial charge is 0.0954 e. The second-order valence-electron chi connectivity index (χ2n) is 4.91. The van der Waals surface area contributed by atoms with Crippen molar-refractivity contribution in [3.8, 4) is 11.3 Å². The quantitative estimate of drug-likeness (QED) is 0.876. The third kappa shape index (κ3) is 2.31. The minimum Gasteiger partial charge on any atom is -0.326 e. The fraction of sp³-hybridized carbons (Fsp3) is 0.400. The first-order chi connectivity index (χ1) is 8.95. The predicted octanol–water partition coefficient (Wildman–Crippen LogP) is 2.86. The molecule has 1 atom stereocenters. The van der Waals surface area contributed by atoms with Gasteiger partial charge in [0, 0.05) is 12.6 Å². The predicted molar refractivity (Wildman–Crippen MR) is 73.4 cm³/mol. The third-order valence-corrected chi connectivity index (χ3v) is 3.65. The molecule has 3 nitrogen and oxygen atoms in total. The maximum atomic E-state index is 4.34. The summed E-state index contributed by atoms with van der Waals surface area (Å²) in [5.41, 5.74) is 2.48. The number of hydrogen-bond acceptors (Lipinski definition) is 2. The maximum Gasteiger partial charge on any atom is 0.0954 e. The van der Waals surface area contributed by atoms with Crippen LogP contribution >= 0.6 is 0 Å². The van der Waals surface area contributed by atoms with Gasteiger partial charge in [-0.3, -0.25) is 0 Å². The molecular weight excluding hydrogens is 222 g/mol. The number of aromatic nitrogens is 2. The molecule has 1 aromatic carbocycles. The summed E-state index contributed by atoms with van der Waals surface area (Å²) in [5.74, 6) is 0. The highest BCUT2D eigenvalue weighted by molar-refractivity contribution is 5.58.